The lowest BCUT2D eigenvalue weighted by atomic mass is 10.5. The summed E-state index contributed by atoms with van der Waals surface area (Å²) in [5, 5.41) is 0. The van der Waals surface area contributed by atoms with Gasteiger partial charge in [0.2, 0.25) is 0 Å². The second-order valence-corrected chi connectivity index (χ2v) is 7.87. The molecule has 13 heavy (non-hydrogen) atoms. The highest BCUT2D eigenvalue weighted by Gasteiger charge is 2.36. The smallest absolute Gasteiger partial charge is 0.308 e. The van der Waals surface area contributed by atoms with Gasteiger partial charge < -0.3 is 9.16 Å². The first-order valence-corrected chi connectivity index (χ1v) is 7.74. The van der Waals surface area contributed by atoms with E-state index < -0.39 is 8.32 Å². The highest BCUT2D eigenvalue weighted by atomic mass is 28.4. The molecule has 0 aliphatic rings. The molecule has 1 unspecified atom stereocenters. The Bertz CT molecular complexity index is 168. The fourth-order valence-corrected chi connectivity index (χ4v) is 2.69. The van der Waals surface area contributed by atoms with Crippen molar-refractivity contribution in [3.05, 3.63) is 0 Å². The van der Waals surface area contributed by atoms with Gasteiger partial charge in [0.25, 0.3) is 0 Å². The summed E-state index contributed by atoms with van der Waals surface area (Å²) in [6.07, 6.45) is 0. The minimum Gasteiger partial charge on any atom is -0.466 e. The maximum absolute atomic E-state index is 11.4. The number of ether oxygens (including phenoxy) is 1. The number of esters is 1. The van der Waals surface area contributed by atoms with Crippen molar-refractivity contribution in [3.63, 3.8) is 0 Å². The zero-order valence-corrected chi connectivity index (χ0v) is 10.2. The summed E-state index contributed by atoms with van der Waals surface area (Å²) >= 11 is 0. The summed E-state index contributed by atoms with van der Waals surface area (Å²) in [6.45, 7) is 10.9. The van der Waals surface area contributed by atoms with Crippen molar-refractivity contribution in [3.8, 4) is 0 Å². The van der Waals surface area contributed by atoms with Crippen molar-refractivity contribution in [2.75, 3.05) is 13.2 Å². The Balaban J connectivity index is 4.21. The molecule has 0 aromatic rings. The maximum Gasteiger partial charge on any atom is 0.308 e. The summed E-state index contributed by atoms with van der Waals surface area (Å²) < 4.78 is 10.5. The van der Waals surface area contributed by atoms with Gasteiger partial charge in [0.1, 0.15) is 0 Å². The van der Waals surface area contributed by atoms with Crippen LogP contribution in [-0.2, 0) is 14.0 Å². The molecule has 0 saturated carbocycles. The Kier molecular flexibility index (Phi) is 5.25. The molecule has 0 bridgehead atoms. The van der Waals surface area contributed by atoms with E-state index in [9.17, 15) is 4.79 Å². The van der Waals surface area contributed by atoms with E-state index in [1.54, 1.807) is 0 Å². The third kappa shape index (κ3) is 3.91. The molecule has 1 atom stereocenters. The minimum absolute atomic E-state index is 0.0904. The number of rotatable bonds is 5. The van der Waals surface area contributed by atoms with Gasteiger partial charge in [-0.15, -0.1) is 0 Å². The van der Waals surface area contributed by atoms with Crippen LogP contribution in [0.4, 0.5) is 0 Å². The lowest BCUT2D eigenvalue weighted by molar-refractivity contribution is -0.143. The van der Waals surface area contributed by atoms with Crippen LogP contribution in [0.15, 0.2) is 0 Å². The van der Waals surface area contributed by atoms with Crippen molar-refractivity contribution in [2.45, 2.75) is 39.4 Å². The van der Waals surface area contributed by atoms with E-state index in [0.717, 1.165) is 0 Å². The predicted octanol–water partition coefficient (Wildman–Crippen LogP) is 2.18. The standard InChI is InChI=1S/C9H20O3Si/c1-6-11-9(10)8(3)13(4,5)12-7-2/h8H,6-7H2,1-5H3. The SMILES string of the molecule is CCOC(=O)C(C)[Si](C)(C)OCC. The molecule has 78 valence electrons. The minimum atomic E-state index is -1.88. The van der Waals surface area contributed by atoms with Crippen molar-refractivity contribution in [2.24, 2.45) is 0 Å². The molecule has 0 aliphatic carbocycles. The van der Waals surface area contributed by atoms with Crippen LogP contribution >= 0.6 is 0 Å². The second kappa shape index (κ2) is 5.39. The monoisotopic (exact) mass is 204 g/mol. The van der Waals surface area contributed by atoms with E-state index in [2.05, 4.69) is 0 Å². The van der Waals surface area contributed by atoms with Crippen molar-refractivity contribution in [1.29, 1.82) is 0 Å². The van der Waals surface area contributed by atoms with E-state index in [-0.39, 0.29) is 11.5 Å². The van der Waals surface area contributed by atoms with Crippen LogP contribution in [0.3, 0.4) is 0 Å². The molecular weight excluding hydrogens is 184 g/mol. The van der Waals surface area contributed by atoms with Crippen molar-refractivity contribution in [1.82, 2.24) is 0 Å². The van der Waals surface area contributed by atoms with E-state index in [4.69, 9.17) is 9.16 Å². The maximum atomic E-state index is 11.4. The van der Waals surface area contributed by atoms with Gasteiger partial charge >= 0.3 is 5.97 Å². The molecule has 0 amide bonds. The summed E-state index contributed by atoms with van der Waals surface area (Å²) in [5.74, 6) is -0.132. The normalized spacial score (nSPS) is 13.9. The molecule has 4 heteroatoms. The first kappa shape index (κ1) is 12.6. The van der Waals surface area contributed by atoms with E-state index in [1.165, 1.54) is 0 Å². The Hall–Kier alpha value is -0.353. The first-order valence-electron chi connectivity index (χ1n) is 4.76. The van der Waals surface area contributed by atoms with Crippen LogP contribution < -0.4 is 0 Å². The average molecular weight is 204 g/mol. The van der Waals surface area contributed by atoms with Gasteiger partial charge in [0.05, 0.1) is 12.1 Å². The Morgan fingerprint density at radius 1 is 1.31 bits per heavy atom. The molecule has 0 aliphatic heterocycles. The van der Waals surface area contributed by atoms with Crippen molar-refractivity contribution >= 4 is 14.3 Å². The molecule has 0 rings (SSSR count). The largest absolute Gasteiger partial charge is 0.466 e. The third-order valence-corrected chi connectivity index (χ3v) is 5.55. The van der Waals surface area contributed by atoms with Crippen LogP contribution in [0.2, 0.25) is 18.6 Å². The van der Waals surface area contributed by atoms with E-state index in [1.807, 2.05) is 33.9 Å². The lowest BCUT2D eigenvalue weighted by Gasteiger charge is -2.27. The highest BCUT2D eigenvalue weighted by Crippen LogP contribution is 2.23. The van der Waals surface area contributed by atoms with Crippen molar-refractivity contribution < 1.29 is 14.0 Å². The molecule has 0 aromatic heterocycles. The topological polar surface area (TPSA) is 35.5 Å². The Labute approximate surface area is 81.6 Å². The van der Waals surface area contributed by atoms with Gasteiger partial charge in [-0.2, -0.15) is 0 Å². The third-order valence-electron chi connectivity index (χ3n) is 2.20. The Morgan fingerprint density at radius 3 is 2.23 bits per heavy atom. The zero-order valence-electron chi connectivity index (χ0n) is 9.22. The van der Waals surface area contributed by atoms with Crippen LogP contribution in [0.25, 0.3) is 0 Å². The Morgan fingerprint density at radius 2 is 1.85 bits per heavy atom. The number of hydrogen-bond donors (Lipinski definition) is 0. The van der Waals surface area contributed by atoms with E-state index in [0.29, 0.717) is 13.2 Å². The number of carbonyl (C=O) groups excluding carboxylic acids is 1. The van der Waals surface area contributed by atoms with Crippen LogP contribution in [0.1, 0.15) is 20.8 Å². The molecule has 0 saturated heterocycles. The zero-order chi connectivity index (χ0) is 10.5. The highest BCUT2D eigenvalue weighted by molar-refractivity contribution is 6.75. The summed E-state index contributed by atoms with van der Waals surface area (Å²) in [4.78, 5) is 11.4. The van der Waals surface area contributed by atoms with Gasteiger partial charge in [0.15, 0.2) is 8.32 Å². The quantitative estimate of drug-likeness (QED) is 0.508. The number of carbonyl (C=O) groups is 1. The fraction of sp³-hybridized carbons (Fsp3) is 0.889. The number of hydrogen-bond acceptors (Lipinski definition) is 3. The second-order valence-electron chi connectivity index (χ2n) is 3.51. The predicted molar refractivity (Wildman–Crippen MR) is 55.2 cm³/mol. The molecule has 0 fully saturated rings. The van der Waals surface area contributed by atoms with Gasteiger partial charge in [-0.1, -0.05) is 6.92 Å². The molecule has 0 spiro atoms. The molecule has 0 heterocycles. The molecule has 0 radical (unpaired) electrons. The fourth-order valence-electron chi connectivity index (χ4n) is 1.05. The molecule has 3 nitrogen and oxygen atoms in total. The summed E-state index contributed by atoms with van der Waals surface area (Å²) in [5.41, 5.74) is -0.0904. The molecule has 0 N–H and O–H groups in total. The average Bonchev–Trinajstić information content (AvgIpc) is 2.03. The van der Waals surface area contributed by atoms with Gasteiger partial charge in [-0.25, -0.2) is 0 Å². The van der Waals surface area contributed by atoms with E-state index >= 15 is 0 Å². The molecule has 0 aromatic carbocycles. The summed E-state index contributed by atoms with van der Waals surface area (Å²) in [7, 11) is -1.88. The van der Waals surface area contributed by atoms with Crippen LogP contribution in [0.5, 0.6) is 0 Å². The van der Waals surface area contributed by atoms with Gasteiger partial charge in [-0.3, -0.25) is 4.79 Å². The van der Waals surface area contributed by atoms with Crippen LogP contribution in [-0.4, -0.2) is 27.5 Å². The van der Waals surface area contributed by atoms with Gasteiger partial charge in [-0.05, 0) is 26.9 Å². The molecular formula is C9H20O3Si. The summed E-state index contributed by atoms with van der Waals surface area (Å²) in [6, 6.07) is 0. The first-order chi connectivity index (χ1) is 5.95. The van der Waals surface area contributed by atoms with Gasteiger partial charge in [0, 0.05) is 6.61 Å². The lowest BCUT2D eigenvalue weighted by Crippen LogP contribution is -2.39. The van der Waals surface area contributed by atoms with Crippen LogP contribution in [0, 0.1) is 0 Å².